The van der Waals surface area contributed by atoms with Crippen molar-refractivity contribution in [3.8, 4) is 0 Å². The van der Waals surface area contributed by atoms with Crippen molar-refractivity contribution in [2.75, 3.05) is 0 Å². The van der Waals surface area contributed by atoms with Gasteiger partial charge in [-0.15, -0.1) is 0 Å². The van der Waals surface area contributed by atoms with Crippen molar-refractivity contribution < 1.29 is 9.90 Å². The van der Waals surface area contributed by atoms with Crippen molar-refractivity contribution in [1.29, 1.82) is 0 Å². The summed E-state index contributed by atoms with van der Waals surface area (Å²) in [4.78, 5) is 14.7. The second-order valence-electron chi connectivity index (χ2n) is 2.92. The molecule has 1 rings (SSSR count). The Hall–Kier alpha value is -1.06. The standard InChI is InChI=1S/C10H9Cl2NO2/c11-9(12)5-7(6-10(14)15)8-3-1-2-4-13-8/h1-5,7H,6H2,(H,14,15). The monoisotopic (exact) mass is 245 g/mol. The molecular formula is C10H9Cl2NO2. The van der Waals surface area contributed by atoms with Gasteiger partial charge in [-0.2, -0.15) is 0 Å². The molecule has 80 valence electrons. The second kappa shape index (κ2) is 5.73. The summed E-state index contributed by atoms with van der Waals surface area (Å²) in [5.74, 6) is -1.31. The number of hydrogen-bond donors (Lipinski definition) is 1. The summed E-state index contributed by atoms with van der Waals surface area (Å²) in [6, 6.07) is 5.28. The normalized spacial score (nSPS) is 11.9. The number of pyridine rings is 1. The van der Waals surface area contributed by atoms with Crippen LogP contribution in [0.4, 0.5) is 0 Å². The van der Waals surface area contributed by atoms with Crippen LogP contribution in [0.5, 0.6) is 0 Å². The highest BCUT2D eigenvalue weighted by Gasteiger charge is 2.14. The van der Waals surface area contributed by atoms with Crippen LogP contribution in [-0.4, -0.2) is 16.1 Å². The molecule has 0 saturated heterocycles. The maximum atomic E-state index is 10.6. The van der Waals surface area contributed by atoms with Crippen molar-refractivity contribution in [2.24, 2.45) is 0 Å². The smallest absolute Gasteiger partial charge is 0.304 e. The van der Waals surface area contributed by atoms with E-state index >= 15 is 0 Å². The molecule has 3 nitrogen and oxygen atoms in total. The molecule has 0 aromatic carbocycles. The van der Waals surface area contributed by atoms with Gasteiger partial charge in [-0.25, -0.2) is 0 Å². The van der Waals surface area contributed by atoms with Gasteiger partial charge in [0.05, 0.1) is 6.42 Å². The maximum Gasteiger partial charge on any atom is 0.304 e. The number of carboxylic acids is 1. The Morgan fingerprint density at radius 1 is 1.53 bits per heavy atom. The van der Waals surface area contributed by atoms with E-state index in [1.807, 2.05) is 0 Å². The molecule has 1 unspecified atom stereocenters. The number of allylic oxidation sites excluding steroid dienone is 1. The van der Waals surface area contributed by atoms with Crippen LogP contribution in [0.1, 0.15) is 18.0 Å². The van der Waals surface area contributed by atoms with Crippen LogP contribution in [0.15, 0.2) is 35.0 Å². The summed E-state index contributed by atoms with van der Waals surface area (Å²) in [5.41, 5.74) is 0.638. The van der Waals surface area contributed by atoms with E-state index in [0.29, 0.717) is 5.69 Å². The Morgan fingerprint density at radius 2 is 2.27 bits per heavy atom. The predicted octanol–water partition coefficient (Wildman–Crippen LogP) is 2.96. The Bertz CT molecular complexity index is 361. The zero-order chi connectivity index (χ0) is 11.3. The Labute approximate surface area is 97.3 Å². The van der Waals surface area contributed by atoms with Gasteiger partial charge in [0, 0.05) is 17.8 Å². The number of rotatable bonds is 4. The van der Waals surface area contributed by atoms with Gasteiger partial charge in [-0.3, -0.25) is 9.78 Å². The third-order valence-electron chi connectivity index (χ3n) is 1.79. The largest absolute Gasteiger partial charge is 0.481 e. The van der Waals surface area contributed by atoms with Gasteiger partial charge in [0.2, 0.25) is 0 Å². The second-order valence-corrected chi connectivity index (χ2v) is 3.92. The molecule has 0 fully saturated rings. The van der Waals surface area contributed by atoms with E-state index in [1.54, 1.807) is 24.4 Å². The van der Waals surface area contributed by atoms with Gasteiger partial charge in [0.15, 0.2) is 0 Å². The number of carboxylic acid groups (broad SMARTS) is 1. The number of aromatic nitrogens is 1. The van der Waals surface area contributed by atoms with Gasteiger partial charge in [-0.1, -0.05) is 29.3 Å². The first-order valence-corrected chi connectivity index (χ1v) is 5.00. The van der Waals surface area contributed by atoms with Crippen molar-refractivity contribution in [3.63, 3.8) is 0 Å². The van der Waals surface area contributed by atoms with Crippen molar-refractivity contribution >= 4 is 29.2 Å². The first-order chi connectivity index (χ1) is 7.09. The summed E-state index contributed by atoms with van der Waals surface area (Å²) in [7, 11) is 0. The lowest BCUT2D eigenvalue weighted by Crippen LogP contribution is -2.05. The zero-order valence-electron chi connectivity index (χ0n) is 7.73. The lowest BCUT2D eigenvalue weighted by molar-refractivity contribution is -0.137. The predicted molar refractivity (Wildman–Crippen MR) is 59.0 cm³/mol. The average Bonchev–Trinajstić information content (AvgIpc) is 2.17. The van der Waals surface area contributed by atoms with E-state index in [2.05, 4.69) is 4.98 Å². The molecule has 0 radical (unpaired) electrons. The zero-order valence-corrected chi connectivity index (χ0v) is 9.24. The van der Waals surface area contributed by atoms with Crippen molar-refractivity contribution in [3.05, 3.63) is 40.7 Å². The molecule has 1 heterocycles. The quantitative estimate of drug-likeness (QED) is 0.888. The van der Waals surface area contributed by atoms with Crippen LogP contribution in [0.3, 0.4) is 0 Å². The molecule has 1 aromatic rings. The van der Waals surface area contributed by atoms with Crippen LogP contribution >= 0.6 is 23.2 Å². The van der Waals surface area contributed by atoms with E-state index in [4.69, 9.17) is 28.3 Å². The van der Waals surface area contributed by atoms with Gasteiger partial charge >= 0.3 is 5.97 Å². The molecule has 0 saturated carbocycles. The average molecular weight is 246 g/mol. The van der Waals surface area contributed by atoms with E-state index < -0.39 is 11.9 Å². The third kappa shape index (κ3) is 4.32. The third-order valence-corrected chi connectivity index (χ3v) is 2.04. The highest BCUT2D eigenvalue weighted by atomic mass is 35.5. The summed E-state index contributed by atoms with van der Waals surface area (Å²) < 4.78 is 0.0481. The molecule has 0 amide bonds. The van der Waals surface area contributed by atoms with E-state index in [9.17, 15) is 4.79 Å². The summed E-state index contributed by atoms with van der Waals surface area (Å²) in [5, 5.41) is 8.71. The lowest BCUT2D eigenvalue weighted by atomic mass is 10.0. The van der Waals surface area contributed by atoms with Crippen molar-refractivity contribution in [2.45, 2.75) is 12.3 Å². The summed E-state index contributed by atoms with van der Waals surface area (Å²) in [6.07, 6.45) is 2.99. The van der Waals surface area contributed by atoms with Crippen LogP contribution in [0.25, 0.3) is 0 Å². The number of halogens is 2. The SMILES string of the molecule is O=C(O)CC(C=C(Cl)Cl)c1ccccn1. The molecule has 5 heteroatoms. The molecule has 1 atom stereocenters. The molecule has 1 N–H and O–H groups in total. The number of hydrogen-bond acceptors (Lipinski definition) is 2. The number of carbonyl (C=O) groups is 1. The van der Waals surface area contributed by atoms with Gasteiger partial charge in [0.25, 0.3) is 0 Å². The fourth-order valence-electron chi connectivity index (χ4n) is 1.18. The van der Waals surface area contributed by atoms with E-state index in [0.717, 1.165) is 0 Å². The maximum absolute atomic E-state index is 10.6. The van der Waals surface area contributed by atoms with Gasteiger partial charge in [0.1, 0.15) is 4.49 Å². The minimum absolute atomic E-state index is 0.0481. The Kier molecular flexibility index (Phi) is 4.59. The highest BCUT2D eigenvalue weighted by molar-refractivity contribution is 6.55. The molecule has 0 aliphatic rings. The van der Waals surface area contributed by atoms with Crippen molar-refractivity contribution in [1.82, 2.24) is 4.98 Å². The minimum atomic E-state index is -0.920. The number of aliphatic carboxylic acids is 1. The summed E-state index contributed by atoms with van der Waals surface area (Å²) in [6.45, 7) is 0. The van der Waals surface area contributed by atoms with Gasteiger partial charge < -0.3 is 5.11 Å². The highest BCUT2D eigenvalue weighted by Crippen LogP contribution is 2.23. The Morgan fingerprint density at radius 3 is 2.73 bits per heavy atom. The first-order valence-electron chi connectivity index (χ1n) is 4.25. The fourth-order valence-corrected chi connectivity index (χ4v) is 1.49. The molecule has 0 aliphatic carbocycles. The van der Waals surface area contributed by atoms with Crippen LogP contribution in [-0.2, 0) is 4.79 Å². The molecule has 0 spiro atoms. The number of nitrogens with zero attached hydrogens (tertiary/aromatic N) is 1. The lowest BCUT2D eigenvalue weighted by Gasteiger charge is -2.08. The van der Waals surface area contributed by atoms with E-state index in [1.165, 1.54) is 6.08 Å². The molecular weight excluding hydrogens is 237 g/mol. The van der Waals surface area contributed by atoms with Crippen LogP contribution < -0.4 is 0 Å². The van der Waals surface area contributed by atoms with Gasteiger partial charge in [-0.05, 0) is 18.2 Å². The molecule has 1 aromatic heterocycles. The van der Waals surface area contributed by atoms with E-state index in [-0.39, 0.29) is 10.9 Å². The minimum Gasteiger partial charge on any atom is -0.481 e. The van der Waals surface area contributed by atoms with Crippen LogP contribution in [0.2, 0.25) is 0 Å². The molecule has 0 bridgehead atoms. The molecule has 15 heavy (non-hydrogen) atoms. The first kappa shape index (κ1) is 12.0. The molecule has 0 aliphatic heterocycles. The fraction of sp³-hybridized carbons (Fsp3) is 0.200. The summed E-state index contributed by atoms with van der Waals surface area (Å²) >= 11 is 11.0. The topological polar surface area (TPSA) is 50.2 Å². The van der Waals surface area contributed by atoms with Crippen LogP contribution in [0, 0.1) is 0 Å². The Balaban J connectivity index is 2.91.